The minimum Gasteiger partial charge on any atom is -0.490 e. The van der Waals surface area contributed by atoms with Gasteiger partial charge in [0.05, 0.1) is 11.5 Å². The van der Waals surface area contributed by atoms with Gasteiger partial charge in [-0.25, -0.2) is 4.39 Å². The average molecular weight is 506 g/mol. The molecule has 0 amide bonds. The van der Waals surface area contributed by atoms with Crippen LogP contribution in [0.2, 0.25) is 0 Å². The van der Waals surface area contributed by atoms with Gasteiger partial charge in [-0.15, -0.1) is 0 Å². The van der Waals surface area contributed by atoms with E-state index in [4.69, 9.17) is 4.74 Å². The van der Waals surface area contributed by atoms with Gasteiger partial charge in [0, 0.05) is 0 Å². The molecule has 0 aliphatic heterocycles. The first-order valence-corrected chi connectivity index (χ1v) is 14.8. The number of benzene rings is 2. The standard InChI is InChI=1S/C34H48FNO/c1-4-6-8-9-11-23-34(26-36)24-20-31(21-25-34)29-14-12-28(13-15-29)30-16-18-32(19-17-30)37-27-33(3,35)22-10-7-5-2/h12-19,31H,4-11,20-25,27H2,1-3H3/t31?,33-,34?/m0/s1. The summed E-state index contributed by atoms with van der Waals surface area (Å²) < 4.78 is 20.4. The molecule has 3 heteroatoms. The van der Waals surface area contributed by atoms with Crippen molar-refractivity contribution < 1.29 is 9.13 Å². The van der Waals surface area contributed by atoms with Gasteiger partial charge in [-0.1, -0.05) is 102 Å². The molecule has 37 heavy (non-hydrogen) atoms. The fraction of sp³-hybridized carbons (Fsp3) is 0.618. The molecule has 2 aromatic rings. The summed E-state index contributed by atoms with van der Waals surface area (Å²) in [6.45, 7) is 6.11. The third kappa shape index (κ3) is 9.17. The molecule has 0 bridgehead atoms. The lowest BCUT2D eigenvalue weighted by atomic mass is 9.67. The summed E-state index contributed by atoms with van der Waals surface area (Å²) in [4.78, 5) is 0. The lowest BCUT2D eigenvalue weighted by Gasteiger charge is -2.35. The molecule has 1 fully saturated rings. The van der Waals surface area contributed by atoms with E-state index in [9.17, 15) is 9.65 Å². The summed E-state index contributed by atoms with van der Waals surface area (Å²) in [6, 6.07) is 19.6. The molecule has 2 nitrogen and oxygen atoms in total. The normalized spacial score (nSPS) is 21.2. The van der Waals surface area contributed by atoms with Crippen molar-refractivity contribution in [2.45, 2.75) is 122 Å². The zero-order valence-corrected chi connectivity index (χ0v) is 23.5. The Morgan fingerprint density at radius 3 is 2.03 bits per heavy atom. The van der Waals surface area contributed by atoms with Crippen molar-refractivity contribution in [2.75, 3.05) is 6.61 Å². The smallest absolute Gasteiger partial charge is 0.142 e. The number of hydrogen-bond donors (Lipinski definition) is 0. The second-order valence-corrected chi connectivity index (χ2v) is 11.6. The van der Waals surface area contributed by atoms with Crippen molar-refractivity contribution in [1.82, 2.24) is 0 Å². The van der Waals surface area contributed by atoms with E-state index in [1.165, 1.54) is 43.2 Å². The van der Waals surface area contributed by atoms with Gasteiger partial charge >= 0.3 is 0 Å². The average Bonchev–Trinajstić information content (AvgIpc) is 2.93. The van der Waals surface area contributed by atoms with Crippen LogP contribution in [-0.4, -0.2) is 12.3 Å². The molecule has 0 heterocycles. The van der Waals surface area contributed by atoms with Crippen LogP contribution in [0.1, 0.15) is 122 Å². The van der Waals surface area contributed by atoms with Gasteiger partial charge in [0.25, 0.3) is 0 Å². The number of ether oxygens (including phenoxy) is 1. The van der Waals surface area contributed by atoms with Crippen molar-refractivity contribution in [3.05, 3.63) is 54.1 Å². The molecule has 202 valence electrons. The van der Waals surface area contributed by atoms with Gasteiger partial charge in [-0.2, -0.15) is 5.26 Å². The highest BCUT2D eigenvalue weighted by atomic mass is 19.1. The molecular weight excluding hydrogens is 457 g/mol. The van der Waals surface area contributed by atoms with E-state index in [0.29, 0.717) is 18.1 Å². The molecule has 0 N–H and O–H groups in total. The Morgan fingerprint density at radius 2 is 1.43 bits per heavy atom. The Morgan fingerprint density at radius 1 is 0.865 bits per heavy atom. The molecular formula is C34H48FNO. The van der Waals surface area contributed by atoms with E-state index in [0.717, 1.165) is 56.9 Å². The van der Waals surface area contributed by atoms with Gasteiger partial charge in [-0.05, 0) is 80.2 Å². The molecule has 0 aromatic heterocycles. The maximum atomic E-state index is 14.7. The summed E-state index contributed by atoms with van der Waals surface area (Å²) in [5.41, 5.74) is 2.33. The first kappa shape index (κ1) is 29.2. The lowest BCUT2D eigenvalue weighted by Crippen LogP contribution is -2.27. The Labute approximate surface area is 225 Å². The van der Waals surface area contributed by atoms with E-state index in [1.807, 2.05) is 12.1 Å². The lowest BCUT2D eigenvalue weighted by molar-refractivity contribution is 0.0907. The van der Waals surface area contributed by atoms with Gasteiger partial charge < -0.3 is 4.74 Å². The molecule has 0 spiro atoms. The van der Waals surface area contributed by atoms with Crippen LogP contribution < -0.4 is 4.74 Å². The number of alkyl halides is 1. The van der Waals surface area contributed by atoms with Crippen LogP contribution >= 0.6 is 0 Å². The third-order valence-corrected chi connectivity index (χ3v) is 8.35. The predicted molar refractivity (Wildman–Crippen MR) is 154 cm³/mol. The van der Waals surface area contributed by atoms with Crippen molar-refractivity contribution in [1.29, 1.82) is 5.26 Å². The maximum Gasteiger partial charge on any atom is 0.142 e. The minimum atomic E-state index is -1.29. The number of hydrogen-bond acceptors (Lipinski definition) is 2. The van der Waals surface area contributed by atoms with Gasteiger partial charge in [0.2, 0.25) is 0 Å². The Kier molecular flexibility index (Phi) is 11.5. The highest BCUT2D eigenvalue weighted by Crippen LogP contribution is 2.46. The van der Waals surface area contributed by atoms with Crippen LogP contribution in [0.3, 0.4) is 0 Å². The summed E-state index contributed by atoms with van der Waals surface area (Å²) in [6.07, 6.45) is 15.3. The predicted octanol–water partition coefficient (Wildman–Crippen LogP) is 10.6. The van der Waals surface area contributed by atoms with Crippen molar-refractivity contribution in [3.63, 3.8) is 0 Å². The second kappa shape index (κ2) is 14.6. The van der Waals surface area contributed by atoms with E-state index in [1.54, 1.807) is 6.92 Å². The highest BCUT2D eigenvalue weighted by Gasteiger charge is 2.35. The fourth-order valence-electron chi connectivity index (χ4n) is 5.73. The molecule has 2 aromatic carbocycles. The van der Waals surface area contributed by atoms with Crippen LogP contribution in [0.25, 0.3) is 11.1 Å². The molecule has 0 radical (unpaired) electrons. The van der Waals surface area contributed by atoms with E-state index < -0.39 is 5.67 Å². The molecule has 3 rings (SSSR count). The van der Waals surface area contributed by atoms with Crippen molar-refractivity contribution in [3.8, 4) is 22.9 Å². The van der Waals surface area contributed by atoms with Crippen LogP contribution in [0.5, 0.6) is 5.75 Å². The van der Waals surface area contributed by atoms with E-state index >= 15 is 0 Å². The third-order valence-electron chi connectivity index (χ3n) is 8.35. The first-order valence-electron chi connectivity index (χ1n) is 14.8. The van der Waals surface area contributed by atoms with Gasteiger partial charge in [0.15, 0.2) is 0 Å². The minimum absolute atomic E-state index is 0.0953. The SMILES string of the molecule is CCCCCCCC1(C#N)CCC(c2ccc(-c3ccc(OC[C@@](C)(F)CCCCC)cc3)cc2)CC1. The zero-order chi connectivity index (χ0) is 26.6. The summed E-state index contributed by atoms with van der Waals surface area (Å²) in [7, 11) is 0. The van der Waals surface area contributed by atoms with E-state index in [-0.39, 0.29) is 12.0 Å². The van der Waals surface area contributed by atoms with Crippen LogP contribution in [0.15, 0.2) is 48.5 Å². The number of halogens is 1. The van der Waals surface area contributed by atoms with E-state index in [2.05, 4.69) is 56.3 Å². The zero-order valence-electron chi connectivity index (χ0n) is 23.5. The fourth-order valence-corrected chi connectivity index (χ4v) is 5.73. The number of nitrogens with zero attached hydrogens (tertiary/aromatic N) is 1. The highest BCUT2D eigenvalue weighted by molar-refractivity contribution is 5.64. The quantitative estimate of drug-likeness (QED) is 0.225. The molecule has 1 atom stereocenters. The van der Waals surface area contributed by atoms with Crippen LogP contribution in [0.4, 0.5) is 4.39 Å². The van der Waals surface area contributed by atoms with Crippen LogP contribution in [0, 0.1) is 16.7 Å². The molecule has 0 unspecified atom stereocenters. The number of rotatable bonds is 15. The Balaban J connectivity index is 1.49. The van der Waals surface area contributed by atoms with Crippen LogP contribution in [-0.2, 0) is 0 Å². The topological polar surface area (TPSA) is 33.0 Å². The Bertz CT molecular complexity index is 949. The second-order valence-electron chi connectivity index (χ2n) is 11.6. The van der Waals surface area contributed by atoms with Gasteiger partial charge in [-0.3, -0.25) is 0 Å². The molecule has 1 aliphatic rings. The number of nitriles is 1. The molecule has 0 saturated heterocycles. The monoisotopic (exact) mass is 505 g/mol. The maximum absolute atomic E-state index is 14.7. The molecule has 1 aliphatic carbocycles. The van der Waals surface area contributed by atoms with Crippen molar-refractivity contribution in [2.24, 2.45) is 5.41 Å². The largest absolute Gasteiger partial charge is 0.490 e. The summed E-state index contributed by atoms with van der Waals surface area (Å²) in [5, 5.41) is 9.92. The molecule has 1 saturated carbocycles. The number of unbranched alkanes of at least 4 members (excludes halogenated alkanes) is 6. The Hall–Kier alpha value is -2.34. The summed E-state index contributed by atoms with van der Waals surface area (Å²) in [5.74, 6) is 1.27. The van der Waals surface area contributed by atoms with Gasteiger partial charge in [0.1, 0.15) is 18.0 Å². The summed E-state index contributed by atoms with van der Waals surface area (Å²) >= 11 is 0. The first-order chi connectivity index (χ1) is 17.9. The van der Waals surface area contributed by atoms with Crippen molar-refractivity contribution >= 4 is 0 Å².